The minimum Gasteiger partial charge on any atom is -0.337 e. The fraction of sp³-hybridized carbons (Fsp3) is 0.615. The molecular weight excluding hydrogens is 228 g/mol. The van der Waals surface area contributed by atoms with Gasteiger partial charge >= 0.3 is 0 Å². The molecule has 1 amide bonds. The Morgan fingerprint density at radius 2 is 1.94 bits per heavy atom. The Kier molecular flexibility index (Phi) is 3.91. The molecule has 5 heteroatoms. The van der Waals surface area contributed by atoms with Gasteiger partial charge in [0.1, 0.15) is 5.69 Å². The van der Waals surface area contributed by atoms with Crippen molar-refractivity contribution >= 4 is 5.91 Å². The van der Waals surface area contributed by atoms with Crippen LogP contribution in [0.1, 0.15) is 41.9 Å². The summed E-state index contributed by atoms with van der Waals surface area (Å²) >= 11 is 0. The minimum atomic E-state index is -0.0528. The summed E-state index contributed by atoms with van der Waals surface area (Å²) in [5.41, 5.74) is 7.11. The first-order valence-electron chi connectivity index (χ1n) is 6.39. The lowest BCUT2D eigenvalue weighted by Crippen LogP contribution is -2.42. The van der Waals surface area contributed by atoms with Crippen molar-refractivity contribution in [3.63, 3.8) is 0 Å². The highest BCUT2D eigenvalue weighted by Gasteiger charge is 2.26. The van der Waals surface area contributed by atoms with Crippen molar-refractivity contribution in [2.45, 2.75) is 44.7 Å². The van der Waals surface area contributed by atoms with Gasteiger partial charge in [-0.05, 0) is 32.6 Å². The van der Waals surface area contributed by atoms with Gasteiger partial charge in [-0.25, -0.2) is 4.98 Å². The molecule has 0 spiro atoms. The molecule has 5 nitrogen and oxygen atoms in total. The Morgan fingerprint density at radius 3 is 2.50 bits per heavy atom. The maximum Gasteiger partial charge on any atom is 0.274 e. The second-order valence-corrected chi connectivity index (χ2v) is 5.03. The van der Waals surface area contributed by atoms with Gasteiger partial charge in [0.05, 0.1) is 11.9 Å². The quantitative estimate of drug-likeness (QED) is 0.851. The van der Waals surface area contributed by atoms with Gasteiger partial charge in [0.2, 0.25) is 0 Å². The first-order valence-corrected chi connectivity index (χ1v) is 6.39. The van der Waals surface area contributed by atoms with Crippen LogP contribution in [0.3, 0.4) is 0 Å². The first kappa shape index (κ1) is 13.0. The van der Waals surface area contributed by atoms with Crippen LogP contribution in [-0.4, -0.2) is 39.9 Å². The minimum absolute atomic E-state index is 0.0528. The zero-order chi connectivity index (χ0) is 13.1. The zero-order valence-electron chi connectivity index (χ0n) is 11.0. The van der Waals surface area contributed by atoms with Crippen LogP contribution in [0.25, 0.3) is 0 Å². The number of amides is 1. The van der Waals surface area contributed by atoms with Crippen molar-refractivity contribution in [2.75, 3.05) is 7.05 Å². The summed E-state index contributed by atoms with van der Waals surface area (Å²) in [5, 5.41) is 0. The van der Waals surface area contributed by atoms with E-state index in [0.717, 1.165) is 31.4 Å². The average molecular weight is 248 g/mol. The molecule has 1 aliphatic carbocycles. The van der Waals surface area contributed by atoms with Crippen molar-refractivity contribution in [3.8, 4) is 0 Å². The van der Waals surface area contributed by atoms with Crippen molar-refractivity contribution in [1.29, 1.82) is 0 Å². The van der Waals surface area contributed by atoms with Crippen LogP contribution in [0.4, 0.5) is 0 Å². The molecule has 2 N–H and O–H groups in total. The Hall–Kier alpha value is -1.49. The lowest BCUT2D eigenvalue weighted by atomic mass is 9.91. The lowest BCUT2D eigenvalue weighted by Gasteiger charge is -2.33. The van der Waals surface area contributed by atoms with E-state index in [-0.39, 0.29) is 11.9 Å². The molecule has 98 valence electrons. The van der Waals surface area contributed by atoms with E-state index >= 15 is 0 Å². The van der Waals surface area contributed by atoms with E-state index in [4.69, 9.17) is 5.73 Å². The molecule has 0 aliphatic heterocycles. The van der Waals surface area contributed by atoms with E-state index in [2.05, 4.69) is 9.97 Å². The third-order valence-electron chi connectivity index (χ3n) is 3.61. The molecule has 0 bridgehead atoms. The number of nitrogens with two attached hydrogens (primary N) is 1. The average Bonchev–Trinajstić information content (AvgIpc) is 2.39. The van der Waals surface area contributed by atoms with Crippen LogP contribution >= 0.6 is 0 Å². The maximum atomic E-state index is 12.2. The summed E-state index contributed by atoms with van der Waals surface area (Å²) in [6, 6.07) is 0.573. The number of rotatable bonds is 2. The van der Waals surface area contributed by atoms with E-state index in [1.165, 1.54) is 0 Å². The number of hydrogen-bond acceptors (Lipinski definition) is 4. The predicted molar refractivity (Wildman–Crippen MR) is 69.1 cm³/mol. The number of nitrogens with zero attached hydrogens (tertiary/aromatic N) is 3. The van der Waals surface area contributed by atoms with Crippen molar-refractivity contribution in [1.82, 2.24) is 14.9 Å². The molecule has 1 aromatic heterocycles. The van der Waals surface area contributed by atoms with E-state index < -0.39 is 0 Å². The van der Waals surface area contributed by atoms with Crippen molar-refractivity contribution in [2.24, 2.45) is 5.73 Å². The molecule has 0 saturated heterocycles. The van der Waals surface area contributed by atoms with Crippen LogP contribution in [0.2, 0.25) is 0 Å². The van der Waals surface area contributed by atoms with Crippen LogP contribution < -0.4 is 5.73 Å². The standard InChI is InChI=1S/C13H20N4O/c1-9-7-16-12(8-15-9)13(18)17(2)11-5-3-10(14)4-6-11/h7-8,10-11H,3-6,14H2,1-2H3. The zero-order valence-corrected chi connectivity index (χ0v) is 11.0. The smallest absolute Gasteiger partial charge is 0.274 e. The second-order valence-electron chi connectivity index (χ2n) is 5.03. The van der Waals surface area contributed by atoms with Gasteiger partial charge in [-0.15, -0.1) is 0 Å². The molecule has 0 unspecified atom stereocenters. The largest absolute Gasteiger partial charge is 0.337 e. The highest BCUT2D eigenvalue weighted by Crippen LogP contribution is 2.22. The predicted octanol–water partition coefficient (Wildman–Crippen LogP) is 1.13. The third-order valence-corrected chi connectivity index (χ3v) is 3.61. The summed E-state index contributed by atoms with van der Waals surface area (Å²) in [5.74, 6) is -0.0528. The highest BCUT2D eigenvalue weighted by molar-refractivity contribution is 5.92. The monoisotopic (exact) mass is 248 g/mol. The van der Waals surface area contributed by atoms with Crippen molar-refractivity contribution < 1.29 is 4.79 Å². The summed E-state index contributed by atoms with van der Waals surface area (Å²) in [6.45, 7) is 1.85. The molecule has 0 radical (unpaired) electrons. The number of carbonyl (C=O) groups excluding carboxylic acids is 1. The Morgan fingerprint density at radius 1 is 1.28 bits per heavy atom. The Labute approximate surface area is 107 Å². The molecular formula is C13H20N4O. The normalized spacial score (nSPS) is 23.7. The van der Waals surface area contributed by atoms with Gasteiger partial charge in [-0.1, -0.05) is 0 Å². The van der Waals surface area contributed by atoms with Gasteiger partial charge in [0.25, 0.3) is 5.91 Å². The number of hydrogen-bond donors (Lipinski definition) is 1. The third kappa shape index (κ3) is 2.85. The van der Waals surface area contributed by atoms with E-state index in [0.29, 0.717) is 11.7 Å². The number of aryl methyl sites for hydroxylation is 1. The maximum absolute atomic E-state index is 12.2. The molecule has 0 atom stereocenters. The molecule has 2 rings (SSSR count). The fourth-order valence-corrected chi connectivity index (χ4v) is 2.34. The van der Waals surface area contributed by atoms with Crippen LogP contribution in [0.15, 0.2) is 12.4 Å². The number of carbonyl (C=O) groups is 1. The van der Waals surface area contributed by atoms with Crippen LogP contribution in [0.5, 0.6) is 0 Å². The molecule has 1 heterocycles. The Balaban J connectivity index is 2.02. The Bertz CT molecular complexity index is 410. The van der Waals surface area contributed by atoms with Crippen molar-refractivity contribution in [3.05, 3.63) is 23.8 Å². The molecule has 1 aliphatic rings. The topological polar surface area (TPSA) is 72.1 Å². The van der Waals surface area contributed by atoms with E-state index in [9.17, 15) is 4.79 Å². The van der Waals surface area contributed by atoms with Gasteiger partial charge in [-0.2, -0.15) is 0 Å². The fourth-order valence-electron chi connectivity index (χ4n) is 2.34. The van der Waals surface area contributed by atoms with Gasteiger partial charge < -0.3 is 10.6 Å². The first-order chi connectivity index (χ1) is 8.58. The highest BCUT2D eigenvalue weighted by atomic mass is 16.2. The van der Waals surface area contributed by atoms with Gasteiger partial charge in [0.15, 0.2) is 0 Å². The molecule has 18 heavy (non-hydrogen) atoms. The summed E-state index contributed by atoms with van der Waals surface area (Å²) in [4.78, 5) is 22.3. The summed E-state index contributed by atoms with van der Waals surface area (Å²) in [6.07, 6.45) is 7.09. The second kappa shape index (κ2) is 5.44. The van der Waals surface area contributed by atoms with Crippen LogP contribution in [0, 0.1) is 6.92 Å². The SMILES string of the molecule is Cc1cnc(C(=O)N(C)C2CCC(N)CC2)cn1. The van der Waals surface area contributed by atoms with Gasteiger partial charge in [-0.3, -0.25) is 9.78 Å². The molecule has 1 saturated carbocycles. The van der Waals surface area contributed by atoms with E-state index in [1.807, 2.05) is 14.0 Å². The summed E-state index contributed by atoms with van der Waals surface area (Å²) < 4.78 is 0. The van der Waals surface area contributed by atoms with Gasteiger partial charge in [0, 0.05) is 25.3 Å². The van der Waals surface area contributed by atoms with E-state index in [1.54, 1.807) is 17.3 Å². The van der Waals surface area contributed by atoms with Crippen LogP contribution in [-0.2, 0) is 0 Å². The molecule has 1 aromatic rings. The molecule has 0 aromatic carbocycles. The number of aromatic nitrogens is 2. The molecule has 1 fully saturated rings. The lowest BCUT2D eigenvalue weighted by molar-refractivity contribution is 0.0683. The summed E-state index contributed by atoms with van der Waals surface area (Å²) in [7, 11) is 1.84.